The molecule has 3 aliphatic rings. The lowest BCUT2D eigenvalue weighted by Gasteiger charge is -2.51. The van der Waals surface area contributed by atoms with Crippen LogP contribution in [-0.2, 0) is 6.54 Å². The molecule has 0 spiro atoms. The highest BCUT2D eigenvalue weighted by molar-refractivity contribution is 6.30. The summed E-state index contributed by atoms with van der Waals surface area (Å²) in [4.78, 5) is 2.55. The Morgan fingerprint density at radius 3 is 2.62 bits per heavy atom. The molecule has 24 heavy (non-hydrogen) atoms. The van der Waals surface area contributed by atoms with Crippen LogP contribution in [0.5, 0.6) is 0 Å². The van der Waals surface area contributed by atoms with Gasteiger partial charge in [-0.15, -0.1) is 0 Å². The van der Waals surface area contributed by atoms with E-state index in [-0.39, 0.29) is 5.82 Å². The largest absolute Gasteiger partial charge is 0.308 e. The summed E-state index contributed by atoms with van der Waals surface area (Å²) in [5, 5.41) is 4.43. The third-order valence-corrected chi connectivity index (χ3v) is 5.73. The van der Waals surface area contributed by atoms with Gasteiger partial charge in [0.25, 0.3) is 0 Å². The van der Waals surface area contributed by atoms with Gasteiger partial charge in [-0.1, -0.05) is 41.9 Å². The number of piperidine rings is 3. The van der Waals surface area contributed by atoms with E-state index in [9.17, 15) is 4.39 Å². The van der Waals surface area contributed by atoms with Crippen molar-refractivity contribution in [3.05, 3.63) is 70.5 Å². The van der Waals surface area contributed by atoms with Gasteiger partial charge in [0.15, 0.2) is 0 Å². The Morgan fingerprint density at radius 1 is 1.08 bits per heavy atom. The Hall–Kier alpha value is -1.42. The first-order chi connectivity index (χ1) is 11.7. The number of hydrogen-bond donors (Lipinski definition) is 1. The molecule has 126 valence electrons. The van der Waals surface area contributed by atoms with Crippen molar-refractivity contribution in [3.63, 3.8) is 0 Å². The van der Waals surface area contributed by atoms with Gasteiger partial charge in [0.05, 0.1) is 6.04 Å². The van der Waals surface area contributed by atoms with Crippen molar-refractivity contribution in [3.8, 4) is 0 Å². The van der Waals surface area contributed by atoms with Gasteiger partial charge in [0.2, 0.25) is 0 Å². The maximum Gasteiger partial charge on any atom is 0.127 e. The van der Waals surface area contributed by atoms with Gasteiger partial charge in [0, 0.05) is 23.2 Å². The van der Waals surface area contributed by atoms with E-state index < -0.39 is 0 Å². The van der Waals surface area contributed by atoms with Crippen LogP contribution in [0.1, 0.15) is 30.0 Å². The predicted molar refractivity (Wildman–Crippen MR) is 95.5 cm³/mol. The van der Waals surface area contributed by atoms with Crippen LogP contribution >= 0.6 is 11.6 Å². The van der Waals surface area contributed by atoms with E-state index in [1.54, 1.807) is 6.07 Å². The molecule has 2 aromatic carbocycles. The normalized spacial score (nSPS) is 28.9. The fourth-order valence-corrected chi connectivity index (χ4v) is 4.50. The van der Waals surface area contributed by atoms with Crippen LogP contribution in [0.25, 0.3) is 0 Å². The van der Waals surface area contributed by atoms with Crippen LogP contribution in [-0.4, -0.2) is 24.0 Å². The van der Waals surface area contributed by atoms with Crippen LogP contribution < -0.4 is 5.32 Å². The lowest BCUT2D eigenvalue weighted by molar-refractivity contribution is 0.0111. The standard InChI is InChI=1S/C20H22ClFN2/c21-17-6-3-5-15(12-17)20-19(14-8-10-24(20)11-9-14)23-13-16-4-1-2-7-18(16)22/h1-7,12,14,19-20,23H,8-11,13H2. The topological polar surface area (TPSA) is 15.3 Å². The summed E-state index contributed by atoms with van der Waals surface area (Å²) in [5.41, 5.74) is 2.00. The Morgan fingerprint density at radius 2 is 1.88 bits per heavy atom. The summed E-state index contributed by atoms with van der Waals surface area (Å²) in [5.74, 6) is 0.510. The Labute approximate surface area is 147 Å². The van der Waals surface area contributed by atoms with Crippen molar-refractivity contribution in [2.75, 3.05) is 13.1 Å². The van der Waals surface area contributed by atoms with Crippen molar-refractivity contribution < 1.29 is 4.39 Å². The van der Waals surface area contributed by atoms with E-state index in [1.807, 2.05) is 24.3 Å². The molecule has 2 bridgehead atoms. The molecule has 1 N–H and O–H groups in total. The van der Waals surface area contributed by atoms with Crippen molar-refractivity contribution in [2.24, 2.45) is 5.92 Å². The van der Waals surface area contributed by atoms with Crippen LogP contribution in [0.3, 0.4) is 0 Å². The summed E-state index contributed by atoms with van der Waals surface area (Å²) in [7, 11) is 0. The van der Waals surface area contributed by atoms with Gasteiger partial charge >= 0.3 is 0 Å². The molecule has 4 heteroatoms. The minimum Gasteiger partial charge on any atom is -0.308 e. The van der Waals surface area contributed by atoms with E-state index in [0.717, 1.165) is 23.7 Å². The minimum atomic E-state index is -0.134. The van der Waals surface area contributed by atoms with E-state index in [0.29, 0.717) is 24.5 Å². The van der Waals surface area contributed by atoms with Gasteiger partial charge < -0.3 is 5.32 Å². The van der Waals surface area contributed by atoms with Crippen molar-refractivity contribution in [1.82, 2.24) is 10.2 Å². The zero-order valence-corrected chi connectivity index (χ0v) is 14.3. The first-order valence-corrected chi connectivity index (χ1v) is 9.06. The predicted octanol–water partition coefficient (Wildman–Crippen LogP) is 4.40. The highest BCUT2D eigenvalue weighted by Gasteiger charge is 2.42. The van der Waals surface area contributed by atoms with E-state index in [2.05, 4.69) is 22.3 Å². The summed E-state index contributed by atoms with van der Waals surface area (Å²) < 4.78 is 13.9. The van der Waals surface area contributed by atoms with Crippen LogP contribution in [0.4, 0.5) is 4.39 Å². The average molecular weight is 345 g/mol. The molecule has 2 atom stereocenters. The third-order valence-electron chi connectivity index (χ3n) is 5.49. The van der Waals surface area contributed by atoms with E-state index in [1.165, 1.54) is 24.5 Å². The molecular formula is C20H22ClFN2. The zero-order chi connectivity index (χ0) is 16.5. The monoisotopic (exact) mass is 344 g/mol. The second kappa shape index (κ2) is 6.83. The summed E-state index contributed by atoms with van der Waals surface area (Å²) in [6, 6.07) is 15.9. The van der Waals surface area contributed by atoms with Crippen LogP contribution in [0.15, 0.2) is 48.5 Å². The lowest BCUT2D eigenvalue weighted by Crippen LogP contribution is -2.57. The second-order valence-electron chi connectivity index (χ2n) is 6.87. The van der Waals surface area contributed by atoms with Gasteiger partial charge in [-0.3, -0.25) is 4.90 Å². The first-order valence-electron chi connectivity index (χ1n) is 8.68. The number of halogens is 2. The maximum atomic E-state index is 13.9. The highest BCUT2D eigenvalue weighted by atomic mass is 35.5. The first kappa shape index (κ1) is 16.1. The molecule has 3 saturated heterocycles. The second-order valence-corrected chi connectivity index (χ2v) is 7.31. The van der Waals surface area contributed by atoms with Gasteiger partial charge in [-0.2, -0.15) is 0 Å². The van der Waals surface area contributed by atoms with E-state index in [4.69, 9.17) is 11.6 Å². The number of rotatable bonds is 4. The third kappa shape index (κ3) is 3.08. The molecule has 2 aromatic rings. The molecule has 2 unspecified atom stereocenters. The lowest BCUT2D eigenvalue weighted by atomic mass is 9.76. The van der Waals surface area contributed by atoms with Gasteiger partial charge in [-0.05, 0) is 55.6 Å². The Bertz CT molecular complexity index is 712. The minimum absolute atomic E-state index is 0.134. The maximum absolute atomic E-state index is 13.9. The molecule has 0 aromatic heterocycles. The Kier molecular flexibility index (Phi) is 4.57. The molecule has 0 radical (unpaired) electrons. The molecule has 2 nitrogen and oxygen atoms in total. The molecule has 3 aliphatic heterocycles. The number of nitrogens with zero attached hydrogens (tertiary/aromatic N) is 1. The number of fused-ring (bicyclic) bond motifs is 3. The van der Waals surface area contributed by atoms with Crippen molar-refractivity contribution in [2.45, 2.75) is 31.5 Å². The Balaban J connectivity index is 1.58. The molecule has 0 amide bonds. The number of nitrogens with one attached hydrogen (secondary N) is 1. The molecule has 0 aliphatic carbocycles. The van der Waals surface area contributed by atoms with Crippen molar-refractivity contribution >= 4 is 11.6 Å². The fourth-order valence-electron chi connectivity index (χ4n) is 4.30. The number of benzene rings is 2. The molecule has 0 saturated carbocycles. The molecular weight excluding hydrogens is 323 g/mol. The quantitative estimate of drug-likeness (QED) is 0.884. The SMILES string of the molecule is Fc1ccccc1CNC1C2CCN(CC2)C1c1cccc(Cl)c1. The zero-order valence-electron chi connectivity index (χ0n) is 13.6. The number of hydrogen-bond acceptors (Lipinski definition) is 2. The summed E-state index contributed by atoms with van der Waals surface area (Å²) >= 11 is 6.22. The molecule has 3 heterocycles. The fraction of sp³-hybridized carbons (Fsp3) is 0.400. The average Bonchev–Trinajstić information content (AvgIpc) is 2.61. The molecule has 3 fully saturated rings. The summed E-state index contributed by atoms with van der Waals surface area (Å²) in [6.45, 7) is 2.85. The van der Waals surface area contributed by atoms with Crippen LogP contribution in [0, 0.1) is 11.7 Å². The smallest absolute Gasteiger partial charge is 0.127 e. The van der Waals surface area contributed by atoms with Crippen LogP contribution in [0.2, 0.25) is 5.02 Å². The summed E-state index contributed by atoms with van der Waals surface area (Å²) in [6.07, 6.45) is 2.43. The van der Waals surface area contributed by atoms with Gasteiger partial charge in [-0.25, -0.2) is 4.39 Å². The molecule has 5 rings (SSSR count). The van der Waals surface area contributed by atoms with E-state index >= 15 is 0 Å². The highest BCUT2D eigenvalue weighted by Crippen LogP contribution is 2.41. The van der Waals surface area contributed by atoms with Gasteiger partial charge in [0.1, 0.15) is 5.82 Å². The van der Waals surface area contributed by atoms with Crippen molar-refractivity contribution in [1.29, 1.82) is 0 Å².